The van der Waals surface area contributed by atoms with Crippen molar-refractivity contribution in [3.63, 3.8) is 0 Å². The van der Waals surface area contributed by atoms with Crippen molar-refractivity contribution in [2.45, 2.75) is 55.3 Å². The molecule has 4 radical (unpaired) electrons. The number of fused-ring (bicyclic) bond motifs is 6. The average Bonchev–Trinajstić information content (AvgIpc) is 1.64. The first kappa shape index (κ1) is 96.0. The van der Waals surface area contributed by atoms with Crippen molar-refractivity contribution in [2.75, 3.05) is 0 Å². The Morgan fingerprint density at radius 1 is 0.239 bits per heavy atom. The molecule has 12 heterocycles. The zero-order valence-corrected chi connectivity index (χ0v) is 83.8. The third-order valence-electron chi connectivity index (χ3n) is 20.4. The van der Waals surface area contributed by atoms with Gasteiger partial charge in [-0.1, -0.05) is 167 Å². The van der Waals surface area contributed by atoms with Crippen molar-refractivity contribution >= 4 is 44.1 Å². The van der Waals surface area contributed by atoms with Crippen LogP contribution in [0.2, 0.25) is 0 Å². The summed E-state index contributed by atoms with van der Waals surface area (Å²) in [4.78, 5) is 43.8. The van der Waals surface area contributed by atoms with Crippen LogP contribution in [-0.2, 0) is 80.4 Å². The molecule has 0 atom stereocenters. The second kappa shape index (κ2) is 51.1. The Bertz CT molecular complexity index is 7050. The molecule has 22 rings (SSSR count). The van der Waals surface area contributed by atoms with Crippen LogP contribution in [0.5, 0.6) is 0 Å². The quantitative estimate of drug-likeness (QED) is 0.120. The molecule has 134 heavy (non-hydrogen) atoms. The number of pyridine rings is 10. The minimum Gasteiger partial charge on any atom is -0.486 e. The van der Waals surface area contributed by atoms with E-state index in [0.717, 1.165) is 117 Å². The molecule has 12 aromatic heterocycles. The van der Waals surface area contributed by atoms with Crippen molar-refractivity contribution in [3.05, 3.63) is 495 Å². The van der Waals surface area contributed by atoms with Crippen LogP contribution in [0.4, 0.5) is 0 Å². The number of rotatable bonds is 10. The van der Waals surface area contributed by atoms with Crippen molar-refractivity contribution in [2.24, 2.45) is 0 Å². The van der Waals surface area contributed by atoms with Gasteiger partial charge in [0.1, 0.15) is 0 Å². The zero-order chi connectivity index (χ0) is 92.1. The fourth-order valence-corrected chi connectivity index (χ4v) is 13.7. The van der Waals surface area contributed by atoms with E-state index < -0.39 is 6.85 Å². The predicted molar refractivity (Wildman–Crippen MR) is 527 cm³/mol. The smallest absolute Gasteiger partial charge is 0.216 e. The number of nitrogens with zero attached hydrogens (tertiary/aromatic N) is 10. The normalized spacial score (nSPS) is 10.6. The van der Waals surface area contributed by atoms with Crippen molar-refractivity contribution in [3.8, 4) is 112 Å². The molecule has 22 aromatic rings. The Morgan fingerprint density at radius 2 is 0.575 bits per heavy atom. The van der Waals surface area contributed by atoms with E-state index in [0.29, 0.717) is 28.3 Å². The molecule has 0 saturated heterocycles. The van der Waals surface area contributed by atoms with Gasteiger partial charge in [-0.25, -0.2) is 9.97 Å². The fraction of sp³-hybridized carbons (Fsp3) is 0.0678. The van der Waals surface area contributed by atoms with Crippen LogP contribution in [0, 0.1) is 104 Å². The maximum absolute atomic E-state index is 7.43. The summed E-state index contributed by atoms with van der Waals surface area (Å²) in [6.07, 6.45) is 14.4. The second-order valence-electron chi connectivity index (χ2n) is 30.2. The third-order valence-corrected chi connectivity index (χ3v) is 20.4. The number of furan rings is 2. The maximum atomic E-state index is 7.43. The first-order chi connectivity index (χ1) is 65.0. The molecule has 0 saturated carbocycles. The molecule has 0 amide bonds. The summed E-state index contributed by atoms with van der Waals surface area (Å²) in [6.45, 7) is 12.0. The van der Waals surface area contributed by atoms with Gasteiger partial charge in [0.25, 0.3) is 0 Å². The van der Waals surface area contributed by atoms with Crippen LogP contribution in [0.3, 0.4) is 0 Å². The van der Waals surface area contributed by atoms with Crippen LogP contribution >= 0.6 is 0 Å². The van der Waals surface area contributed by atoms with Gasteiger partial charge in [-0.15, -0.1) is 252 Å². The molecule has 16 heteroatoms. The van der Waals surface area contributed by atoms with Gasteiger partial charge in [0.2, 0.25) is 11.4 Å². The van der Waals surface area contributed by atoms with E-state index in [1.165, 1.54) is 56.3 Å². The SMILES string of the molecule is Cc1cc(-c2[c-]cccc2)ncc1-c1ccccc1.Cc1ccc(-c2[c-]cccc2)nc1.Cc1ccc(-c2[c-]cccc2)nc1.Cc1ccc(-c2[c-]cccc2)nc1.Cc1ccc(-c2[c-]cccc2)nc1.Cc1ccc2c(n1)oc1c(-c3ccccn3)[c-]ccc12.[2H]C([2H])([2H])c1ccc(-c2[c-]ccc3c2oc2nc(C)ccc23)nc1.[Ir].[Ir].[Ir].[Ir].[c-]1ccccc1-c1cc(-c2ccccc2)ccn1. The molecule has 0 aliphatic rings. The van der Waals surface area contributed by atoms with Crippen LogP contribution in [-0.4, -0.2) is 49.8 Å². The van der Waals surface area contributed by atoms with Gasteiger partial charge in [-0.2, -0.15) is 0 Å². The topological polar surface area (TPSA) is 155 Å². The van der Waals surface area contributed by atoms with Gasteiger partial charge in [-0.05, 0) is 187 Å². The van der Waals surface area contributed by atoms with Crippen molar-refractivity contribution in [1.29, 1.82) is 0 Å². The summed E-state index contributed by atoms with van der Waals surface area (Å²) in [7, 11) is 0. The van der Waals surface area contributed by atoms with Crippen LogP contribution in [0.15, 0.2) is 410 Å². The van der Waals surface area contributed by atoms with Gasteiger partial charge in [-0.3, -0.25) is 0 Å². The van der Waals surface area contributed by atoms with Crippen molar-refractivity contribution in [1.82, 2.24) is 49.8 Å². The molecular weight excluding hydrogens is 2360 g/mol. The fourth-order valence-electron chi connectivity index (χ4n) is 13.7. The van der Waals surface area contributed by atoms with Gasteiger partial charge in [0, 0.05) is 162 Å². The number of aryl methyl sites for hydroxylation is 8. The molecule has 0 aliphatic heterocycles. The molecule has 0 fully saturated rings. The number of hydrogen-bond donors (Lipinski definition) is 0. The molecule has 10 aromatic carbocycles. The van der Waals surface area contributed by atoms with E-state index >= 15 is 0 Å². The summed E-state index contributed by atoms with van der Waals surface area (Å²) in [5, 5.41) is 3.95. The summed E-state index contributed by atoms with van der Waals surface area (Å²) in [5.74, 6) is 0. The summed E-state index contributed by atoms with van der Waals surface area (Å²) in [6, 6.07) is 140. The zero-order valence-electron chi connectivity index (χ0n) is 77.2. The van der Waals surface area contributed by atoms with E-state index in [-0.39, 0.29) is 86.0 Å². The number of hydrogen-bond acceptors (Lipinski definition) is 12. The Morgan fingerprint density at radius 3 is 0.925 bits per heavy atom. The number of benzene rings is 10. The minimum absolute atomic E-state index is 0. The first-order valence-electron chi connectivity index (χ1n) is 43.8. The molecule has 668 valence electrons. The third kappa shape index (κ3) is 27.8. The van der Waals surface area contributed by atoms with E-state index in [4.69, 9.17) is 12.9 Å². The molecule has 0 N–H and O–H groups in total. The monoisotopic (exact) mass is 2450 g/mol. The van der Waals surface area contributed by atoms with Gasteiger partial charge in [0.15, 0.2) is 0 Å². The Kier molecular flexibility index (Phi) is 36.6. The molecule has 0 aliphatic carbocycles. The van der Waals surface area contributed by atoms with Crippen LogP contribution in [0.25, 0.3) is 156 Å². The van der Waals surface area contributed by atoms with E-state index in [9.17, 15) is 0 Å². The van der Waals surface area contributed by atoms with Crippen molar-refractivity contribution < 1.29 is 93.4 Å². The predicted octanol–water partition coefficient (Wildman–Crippen LogP) is 28.8. The maximum Gasteiger partial charge on any atom is 0.216 e. The molecular formula is C118H90Ir4N10O2-8. The second-order valence-corrected chi connectivity index (χ2v) is 30.2. The summed E-state index contributed by atoms with van der Waals surface area (Å²) in [5.41, 5.74) is 30.5. The minimum atomic E-state index is -2.16. The molecule has 0 unspecified atom stereocenters. The van der Waals surface area contributed by atoms with E-state index in [1.807, 2.05) is 358 Å². The van der Waals surface area contributed by atoms with Crippen LogP contribution in [0.1, 0.15) is 48.9 Å². The molecule has 0 spiro atoms. The average molecular weight is 2450 g/mol. The largest absolute Gasteiger partial charge is 0.486 e. The number of aromatic nitrogens is 10. The van der Waals surface area contributed by atoms with E-state index in [1.54, 1.807) is 18.3 Å². The Labute approximate surface area is 842 Å². The standard InChI is InChI=1S/C18H13N2O.C18H14N.C17H11N2O.C17H12N.4C12H10N.4Ir/c1-11-6-9-16(19-10-11)15-5-3-4-13-14-8-7-12(2)20-18(14)21-17(13)15;1-14-12-18(16-10-6-3-7-11-16)19-13-17(14)15-8-4-2-5-9-15;1-11-8-9-13-12-5-4-6-14(15-7-2-3-10-18-15)16(12)20-17(13)19-11;1-3-7-14(8-4-1)16-11-12-18-17(13-16)15-9-5-2-6-10-15;4*1-10-7-8-12(13-9-10)11-5-3-2-4-6-11;;;;/h3-4,6-10H,1-2H3;2-10,12-13H,1H3;2-5,7-10H,1H3;1-9,11-13H;4*2-5,7-9H,1H3;;;;/q8*-1;;;;/i1D3;;;;;;;;;;;. The molecule has 12 nitrogen and oxygen atoms in total. The van der Waals surface area contributed by atoms with Gasteiger partial charge in [0.05, 0.1) is 11.2 Å². The Hall–Kier alpha value is -14.1. The summed E-state index contributed by atoms with van der Waals surface area (Å²) < 4.78 is 34.2. The first-order valence-corrected chi connectivity index (χ1v) is 42.3. The summed E-state index contributed by atoms with van der Waals surface area (Å²) >= 11 is 0. The van der Waals surface area contributed by atoms with Gasteiger partial charge < -0.3 is 48.7 Å². The van der Waals surface area contributed by atoms with E-state index in [2.05, 4.69) is 166 Å². The molecule has 0 bridgehead atoms. The van der Waals surface area contributed by atoms with Gasteiger partial charge >= 0.3 is 0 Å². The Balaban J connectivity index is 0.000000151. The van der Waals surface area contributed by atoms with Crippen LogP contribution < -0.4 is 0 Å².